The van der Waals surface area contributed by atoms with E-state index in [0.29, 0.717) is 6.04 Å². The van der Waals surface area contributed by atoms with Gasteiger partial charge in [0.05, 0.1) is 27.9 Å². The van der Waals surface area contributed by atoms with Gasteiger partial charge in [-0.05, 0) is 96.2 Å². The second-order valence-electron chi connectivity index (χ2n) is 22.9. The molecule has 4 aromatic heterocycles. The van der Waals surface area contributed by atoms with Crippen molar-refractivity contribution in [2.75, 3.05) is 0 Å². The molecule has 5 aromatic carbocycles. The highest BCUT2D eigenvalue weighted by atomic mass is 32.1. The zero-order chi connectivity index (χ0) is 50.6. The molecule has 0 N–H and O–H groups in total. The van der Waals surface area contributed by atoms with Crippen LogP contribution in [0.2, 0.25) is 0 Å². The predicted molar refractivity (Wildman–Crippen MR) is 317 cm³/mol. The fourth-order valence-corrected chi connectivity index (χ4v) is 12.8. The fraction of sp³-hybridized carbons (Fsp3) is 0.403. The van der Waals surface area contributed by atoms with Gasteiger partial charge >= 0.3 is 0 Å². The number of nitrogens with zero attached hydrogens (tertiary/aromatic N) is 3. The van der Waals surface area contributed by atoms with Gasteiger partial charge in [-0.3, -0.25) is 0 Å². The molecule has 0 spiro atoms. The SMILES string of the molecule is CCCCCCCCC(CCCCCCCC)n1c2cc(C)ccc2c2ccc(-c3ccc(-c4ccc(-c5ccc(C)s5)c5nc(-c6ccc(C(C)(C)C)cc6)c(-c6ccc(C(C)(C)C)cc6)nc45)s3)cc21. The number of aryl methyl sites for hydroxylation is 2. The quantitative estimate of drug-likeness (QED) is 0.0713. The first kappa shape index (κ1) is 51.5. The summed E-state index contributed by atoms with van der Waals surface area (Å²) in [5, 5.41) is 2.75. The zero-order valence-corrected chi connectivity index (χ0v) is 46.8. The number of rotatable bonds is 20. The lowest BCUT2D eigenvalue weighted by Gasteiger charge is -2.22. The monoisotopic (exact) mass is 990 g/mol. The van der Waals surface area contributed by atoms with Crippen LogP contribution in [0.15, 0.2) is 121 Å². The van der Waals surface area contributed by atoms with E-state index in [1.54, 1.807) is 0 Å². The normalized spacial score (nSPS) is 12.4. The van der Waals surface area contributed by atoms with E-state index in [9.17, 15) is 0 Å². The summed E-state index contributed by atoms with van der Waals surface area (Å²) in [7, 11) is 0. The van der Waals surface area contributed by atoms with Gasteiger partial charge < -0.3 is 4.57 Å². The Balaban J connectivity index is 1.16. The van der Waals surface area contributed by atoms with Crippen molar-refractivity contribution < 1.29 is 0 Å². The van der Waals surface area contributed by atoms with Gasteiger partial charge in [0.1, 0.15) is 0 Å². The molecule has 9 aromatic rings. The van der Waals surface area contributed by atoms with Crippen LogP contribution < -0.4 is 0 Å². The van der Waals surface area contributed by atoms with Gasteiger partial charge in [-0.25, -0.2) is 9.97 Å². The first-order valence-corrected chi connectivity index (χ1v) is 29.1. The number of fused-ring (bicyclic) bond motifs is 4. The molecule has 72 heavy (non-hydrogen) atoms. The van der Waals surface area contributed by atoms with Crippen molar-refractivity contribution in [3.8, 4) is 53.8 Å². The van der Waals surface area contributed by atoms with E-state index >= 15 is 0 Å². The van der Waals surface area contributed by atoms with Gasteiger partial charge in [-0.15, -0.1) is 22.7 Å². The van der Waals surface area contributed by atoms with E-state index in [4.69, 9.17) is 9.97 Å². The number of hydrogen-bond acceptors (Lipinski definition) is 4. The third kappa shape index (κ3) is 11.4. The van der Waals surface area contributed by atoms with Crippen LogP contribution in [-0.2, 0) is 10.8 Å². The number of aromatic nitrogens is 3. The summed E-state index contributed by atoms with van der Waals surface area (Å²) in [6.07, 6.45) is 18.4. The highest BCUT2D eigenvalue weighted by Gasteiger charge is 2.24. The Bertz CT molecular complexity index is 3240. The molecule has 0 amide bonds. The lowest BCUT2D eigenvalue weighted by molar-refractivity contribution is 0.410. The van der Waals surface area contributed by atoms with Crippen LogP contribution in [0, 0.1) is 13.8 Å². The third-order valence-corrected chi connectivity index (χ3v) is 17.3. The van der Waals surface area contributed by atoms with E-state index in [-0.39, 0.29) is 10.8 Å². The first-order chi connectivity index (χ1) is 34.7. The van der Waals surface area contributed by atoms with Crippen molar-refractivity contribution in [1.29, 1.82) is 0 Å². The largest absolute Gasteiger partial charge is 0.337 e. The topological polar surface area (TPSA) is 30.7 Å². The Kier molecular flexibility index (Phi) is 16.0. The summed E-state index contributed by atoms with van der Waals surface area (Å²) in [5.74, 6) is 0. The van der Waals surface area contributed by atoms with Crippen LogP contribution in [-0.4, -0.2) is 14.5 Å². The molecule has 0 atom stereocenters. The maximum Gasteiger partial charge on any atom is 0.0988 e. The van der Waals surface area contributed by atoms with Crippen LogP contribution >= 0.6 is 22.7 Å². The Morgan fingerprint density at radius 1 is 0.444 bits per heavy atom. The number of hydrogen-bond donors (Lipinski definition) is 0. The Morgan fingerprint density at radius 2 is 0.889 bits per heavy atom. The minimum atomic E-state index is 0.0416. The fourth-order valence-electron chi connectivity index (χ4n) is 10.8. The molecule has 0 aliphatic rings. The summed E-state index contributed by atoms with van der Waals surface area (Å²) in [4.78, 5) is 16.5. The maximum absolute atomic E-state index is 5.78. The van der Waals surface area contributed by atoms with Crippen molar-refractivity contribution in [1.82, 2.24) is 14.5 Å². The van der Waals surface area contributed by atoms with Crippen LogP contribution in [0.5, 0.6) is 0 Å². The number of unbranched alkanes of at least 4 members (excludes halogenated alkanes) is 10. The average Bonchev–Trinajstić information content (AvgIpc) is 4.12. The van der Waals surface area contributed by atoms with Crippen molar-refractivity contribution in [3.05, 3.63) is 143 Å². The highest BCUT2D eigenvalue weighted by Crippen LogP contribution is 2.45. The molecule has 4 heterocycles. The summed E-state index contributed by atoms with van der Waals surface area (Å²) in [6.45, 7) is 22.7. The van der Waals surface area contributed by atoms with Crippen LogP contribution in [0.3, 0.4) is 0 Å². The highest BCUT2D eigenvalue weighted by molar-refractivity contribution is 7.19. The lowest BCUT2D eigenvalue weighted by atomic mass is 9.85. The molecule has 0 saturated heterocycles. The smallest absolute Gasteiger partial charge is 0.0988 e. The molecule has 0 radical (unpaired) electrons. The first-order valence-electron chi connectivity index (χ1n) is 27.5. The van der Waals surface area contributed by atoms with Gasteiger partial charge in [-0.2, -0.15) is 0 Å². The Labute approximate surface area is 440 Å². The molecular weight excluding hydrogens is 911 g/mol. The van der Waals surface area contributed by atoms with Crippen molar-refractivity contribution in [3.63, 3.8) is 0 Å². The molecule has 3 nitrogen and oxygen atoms in total. The van der Waals surface area contributed by atoms with Crippen LogP contribution in [0.4, 0.5) is 0 Å². The van der Waals surface area contributed by atoms with E-state index < -0.39 is 0 Å². The van der Waals surface area contributed by atoms with Gasteiger partial charge in [0.25, 0.3) is 0 Å². The third-order valence-electron chi connectivity index (χ3n) is 15.1. The number of thiophene rings is 2. The summed E-state index contributed by atoms with van der Waals surface area (Å²) in [6, 6.07) is 46.7. The molecule has 0 aliphatic heterocycles. The zero-order valence-electron chi connectivity index (χ0n) is 45.2. The molecule has 0 saturated carbocycles. The molecule has 0 unspecified atom stereocenters. The standard InChI is InChI=1S/C67H79N3S2/c1-11-13-15-17-19-21-23-52(24-22-20-18-16-14-12-2)70-57-43-45(3)25-36-53(57)54-37-31-49(44-58(54)70)59-41-42-61(72-59)56-39-38-55(60-40-26-46(4)71-60)64-65(56)69-63(48-29-34-51(35-30-48)67(8,9)10)62(68-64)47-27-32-50(33-28-47)66(5,6)7/h25-44,52H,11-24H2,1-10H3. The molecule has 374 valence electrons. The molecule has 9 rings (SSSR count). The van der Waals surface area contributed by atoms with Crippen molar-refractivity contribution in [2.45, 2.75) is 176 Å². The van der Waals surface area contributed by atoms with Crippen molar-refractivity contribution in [2.24, 2.45) is 0 Å². The van der Waals surface area contributed by atoms with Gasteiger partial charge in [0.15, 0.2) is 0 Å². The molecular formula is C67H79N3S2. The summed E-state index contributed by atoms with van der Waals surface area (Å²) < 4.78 is 2.78. The molecule has 0 bridgehead atoms. The molecule has 5 heteroatoms. The van der Waals surface area contributed by atoms with Crippen LogP contribution in [0.25, 0.3) is 86.7 Å². The Morgan fingerprint density at radius 3 is 1.39 bits per heavy atom. The van der Waals surface area contributed by atoms with E-state index in [2.05, 4.69) is 195 Å². The summed E-state index contributed by atoms with van der Waals surface area (Å²) in [5.41, 5.74) is 16.2. The second kappa shape index (κ2) is 22.4. The van der Waals surface area contributed by atoms with Gasteiger partial charge in [0, 0.05) is 64.1 Å². The Hall–Kier alpha value is -5.36. The van der Waals surface area contributed by atoms with E-state index in [1.807, 2.05) is 22.7 Å². The minimum Gasteiger partial charge on any atom is -0.337 e. The van der Waals surface area contributed by atoms with Crippen molar-refractivity contribution >= 4 is 55.5 Å². The summed E-state index contributed by atoms with van der Waals surface area (Å²) >= 11 is 3.70. The van der Waals surface area contributed by atoms with Gasteiger partial charge in [0.2, 0.25) is 0 Å². The van der Waals surface area contributed by atoms with Crippen LogP contribution in [0.1, 0.15) is 173 Å². The molecule has 0 aliphatic carbocycles. The molecule has 0 fully saturated rings. The van der Waals surface area contributed by atoms with E-state index in [0.717, 1.165) is 44.7 Å². The minimum absolute atomic E-state index is 0.0416. The van der Waals surface area contributed by atoms with Gasteiger partial charge in [-0.1, -0.05) is 217 Å². The number of benzene rings is 5. The second-order valence-corrected chi connectivity index (χ2v) is 25.3. The maximum atomic E-state index is 5.78. The lowest BCUT2D eigenvalue weighted by Crippen LogP contribution is -2.10. The predicted octanol–water partition coefficient (Wildman–Crippen LogP) is 21.4. The average molecular weight is 991 g/mol. The van der Waals surface area contributed by atoms with E-state index in [1.165, 1.54) is 153 Å².